The number of para-hydroxylation sites is 1. The van der Waals surface area contributed by atoms with Crippen LogP contribution in [0.25, 0.3) is 5.69 Å². The van der Waals surface area contributed by atoms with Crippen molar-refractivity contribution in [2.75, 3.05) is 31.9 Å². The predicted molar refractivity (Wildman–Crippen MR) is 79.3 cm³/mol. The van der Waals surface area contributed by atoms with Crippen molar-refractivity contribution in [1.29, 1.82) is 0 Å². The molecule has 8 heteroatoms. The molecule has 1 amide bonds. The van der Waals surface area contributed by atoms with Gasteiger partial charge in [0.15, 0.2) is 0 Å². The van der Waals surface area contributed by atoms with Crippen LogP contribution in [0.1, 0.15) is 0 Å². The van der Waals surface area contributed by atoms with Crippen LogP contribution in [0.5, 0.6) is 0 Å². The molecule has 1 aliphatic heterocycles. The summed E-state index contributed by atoms with van der Waals surface area (Å²) in [6.07, 6.45) is 0. The summed E-state index contributed by atoms with van der Waals surface area (Å²) in [5, 5.41) is 15.5. The molecule has 0 unspecified atom stereocenters. The first-order valence-electron chi connectivity index (χ1n) is 6.80. The molecule has 0 spiro atoms. The van der Waals surface area contributed by atoms with Crippen LogP contribution in [0.4, 0.5) is 0 Å². The molecule has 3 rings (SSSR count). The van der Waals surface area contributed by atoms with Gasteiger partial charge in [-0.1, -0.05) is 30.0 Å². The Labute approximate surface area is 126 Å². The maximum atomic E-state index is 12.1. The maximum absolute atomic E-state index is 12.1. The van der Waals surface area contributed by atoms with Gasteiger partial charge in [0.05, 0.1) is 11.4 Å². The largest absolute Gasteiger partial charge is 0.339 e. The number of piperazine rings is 1. The number of aromatic nitrogens is 4. The lowest BCUT2D eigenvalue weighted by molar-refractivity contribution is -0.128. The Morgan fingerprint density at radius 2 is 2.00 bits per heavy atom. The standard InChI is InChI=1S/C13H16N6OS/c20-12(18-8-6-14-7-9-18)10-21-13-15-16-17-19(13)11-4-2-1-3-5-11/h1-5,14H,6-10H2. The average molecular weight is 304 g/mol. The summed E-state index contributed by atoms with van der Waals surface area (Å²) in [5.74, 6) is 0.483. The number of tetrazole rings is 1. The number of nitrogens with one attached hydrogen (secondary N) is 1. The van der Waals surface area contributed by atoms with Crippen LogP contribution in [0.3, 0.4) is 0 Å². The van der Waals surface area contributed by atoms with Gasteiger partial charge in [-0.3, -0.25) is 4.79 Å². The summed E-state index contributed by atoms with van der Waals surface area (Å²) in [6, 6.07) is 9.65. The van der Waals surface area contributed by atoms with Crippen LogP contribution in [0.2, 0.25) is 0 Å². The van der Waals surface area contributed by atoms with Gasteiger partial charge in [-0.2, -0.15) is 4.68 Å². The van der Waals surface area contributed by atoms with E-state index in [4.69, 9.17) is 0 Å². The van der Waals surface area contributed by atoms with Gasteiger partial charge in [0.2, 0.25) is 11.1 Å². The highest BCUT2D eigenvalue weighted by molar-refractivity contribution is 7.99. The SMILES string of the molecule is O=C(CSc1nnnn1-c1ccccc1)N1CCNCC1. The van der Waals surface area contributed by atoms with Gasteiger partial charge in [0.25, 0.3) is 0 Å². The van der Waals surface area contributed by atoms with Crippen molar-refractivity contribution in [3.63, 3.8) is 0 Å². The molecule has 0 atom stereocenters. The normalized spacial score (nSPS) is 15.1. The van der Waals surface area contributed by atoms with Crippen molar-refractivity contribution >= 4 is 17.7 Å². The zero-order chi connectivity index (χ0) is 14.5. The van der Waals surface area contributed by atoms with Crippen LogP contribution in [0, 0.1) is 0 Å². The van der Waals surface area contributed by atoms with E-state index in [2.05, 4.69) is 20.8 Å². The molecular formula is C13H16N6OS. The summed E-state index contributed by atoms with van der Waals surface area (Å²) in [4.78, 5) is 14.0. The van der Waals surface area contributed by atoms with E-state index in [1.165, 1.54) is 11.8 Å². The third kappa shape index (κ3) is 3.40. The summed E-state index contributed by atoms with van der Waals surface area (Å²) in [7, 11) is 0. The third-order valence-electron chi connectivity index (χ3n) is 3.24. The quantitative estimate of drug-likeness (QED) is 0.813. The molecule has 7 nitrogen and oxygen atoms in total. The number of amides is 1. The van der Waals surface area contributed by atoms with Crippen LogP contribution >= 0.6 is 11.8 Å². The minimum absolute atomic E-state index is 0.129. The van der Waals surface area contributed by atoms with Crippen molar-refractivity contribution in [2.45, 2.75) is 5.16 Å². The molecule has 0 aliphatic carbocycles. The molecule has 0 radical (unpaired) electrons. The van der Waals surface area contributed by atoms with Crippen molar-refractivity contribution < 1.29 is 4.79 Å². The fourth-order valence-corrected chi connectivity index (χ4v) is 2.93. The van der Waals surface area contributed by atoms with Crippen LogP contribution in [-0.4, -0.2) is 62.9 Å². The second-order valence-electron chi connectivity index (χ2n) is 4.63. The highest BCUT2D eigenvalue weighted by atomic mass is 32.2. The fourth-order valence-electron chi connectivity index (χ4n) is 2.13. The third-order valence-corrected chi connectivity index (χ3v) is 4.14. The lowest BCUT2D eigenvalue weighted by Crippen LogP contribution is -2.47. The number of rotatable bonds is 4. The van der Waals surface area contributed by atoms with Gasteiger partial charge < -0.3 is 10.2 Å². The molecule has 1 saturated heterocycles. The monoisotopic (exact) mass is 304 g/mol. The molecule has 2 heterocycles. The number of carbonyl (C=O) groups excluding carboxylic acids is 1. The lowest BCUT2D eigenvalue weighted by atomic mass is 10.3. The second kappa shape index (κ2) is 6.68. The number of hydrogen-bond donors (Lipinski definition) is 1. The lowest BCUT2D eigenvalue weighted by Gasteiger charge is -2.27. The molecule has 1 N–H and O–H groups in total. The summed E-state index contributed by atoms with van der Waals surface area (Å²) in [5.41, 5.74) is 0.889. The molecule has 110 valence electrons. The molecule has 0 saturated carbocycles. The van der Waals surface area contributed by atoms with Crippen LogP contribution in [0.15, 0.2) is 35.5 Å². The van der Waals surface area contributed by atoms with Gasteiger partial charge in [0, 0.05) is 26.2 Å². The molecule has 1 aromatic carbocycles. The van der Waals surface area contributed by atoms with E-state index in [0.717, 1.165) is 31.9 Å². The summed E-state index contributed by atoms with van der Waals surface area (Å²) >= 11 is 1.37. The van der Waals surface area contributed by atoms with Crippen molar-refractivity contribution in [1.82, 2.24) is 30.4 Å². The number of benzene rings is 1. The Kier molecular flexibility index (Phi) is 4.46. The minimum Gasteiger partial charge on any atom is -0.339 e. The zero-order valence-electron chi connectivity index (χ0n) is 11.5. The van der Waals surface area contributed by atoms with Gasteiger partial charge in [-0.05, 0) is 22.6 Å². The Bertz CT molecular complexity index is 596. The fraction of sp³-hybridized carbons (Fsp3) is 0.385. The summed E-state index contributed by atoms with van der Waals surface area (Å²) < 4.78 is 1.65. The smallest absolute Gasteiger partial charge is 0.233 e. The number of thioether (sulfide) groups is 1. The predicted octanol–water partition coefficient (Wildman–Crippen LogP) is 0.186. The Morgan fingerprint density at radius 3 is 2.76 bits per heavy atom. The minimum atomic E-state index is 0.129. The van der Waals surface area contributed by atoms with E-state index in [-0.39, 0.29) is 5.91 Å². The number of nitrogens with zero attached hydrogens (tertiary/aromatic N) is 5. The molecule has 21 heavy (non-hydrogen) atoms. The highest BCUT2D eigenvalue weighted by Gasteiger charge is 2.18. The van der Waals surface area contributed by atoms with Crippen molar-refractivity contribution in [3.8, 4) is 5.69 Å². The van der Waals surface area contributed by atoms with Crippen LogP contribution < -0.4 is 5.32 Å². The molecule has 1 aliphatic rings. The first kappa shape index (κ1) is 14.0. The van der Waals surface area contributed by atoms with Gasteiger partial charge in [0.1, 0.15) is 0 Å². The molecule has 0 bridgehead atoms. The topological polar surface area (TPSA) is 75.9 Å². The first-order chi connectivity index (χ1) is 10.3. The van der Waals surface area contributed by atoms with Gasteiger partial charge in [-0.15, -0.1) is 5.10 Å². The van der Waals surface area contributed by atoms with E-state index in [9.17, 15) is 4.79 Å². The molecule has 1 fully saturated rings. The van der Waals surface area contributed by atoms with E-state index < -0.39 is 0 Å². The van der Waals surface area contributed by atoms with E-state index >= 15 is 0 Å². The van der Waals surface area contributed by atoms with E-state index in [0.29, 0.717) is 10.9 Å². The maximum Gasteiger partial charge on any atom is 0.233 e. The van der Waals surface area contributed by atoms with Gasteiger partial charge >= 0.3 is 0 Å². The van der Waals surface area contributed by atoms with Crippen molar-refractivity contribution in [3.05, 3.63) is 30.3 Å². The van der Waals surface area contributed by atoms with Crippen LogP contribution in [-0.2, 0) is 4.79 Å². The van der Waals surface area contributed by atoms with E-state index in [1.54, 1.807) is 4.68 Å². The second-order valence-corrected chi connectivity index (χ2v) is 5.57. The summed E-state index contributed by atoms with van der Waals surface area (Å²) in [6.45, 7) is 3.25. The zero-order valence-corrected chi connectivity index (χ0v) is 12.3. The first-order valence-corrected chi connectivity index (χ1v) is 7.78. The Balaban J connectivity index is 1.63. The van der Waals surface area contributed by atoms with E-state index in [1.807, 2.05) is 35.2 Å². The number of hydrogen-bond acceptors (Lipinski definition) is 6. The molecule has 1 aromatic heterocycles. The molecule has 2 aromatic rings. The van der Waals surface area contributed by atoms with Gasteiger partial charge in [-0.25, -0.2) is 0 Å². The molecular weight excluding hydrogens is 288 g/mol. The Morgan fingerprint density at radius 1 is 1.24 bits per heavy atom. The number of carbonyl (C=O) groups is 1. The highest BCUT2D eigenvalue weighted by Crippen LogP contribution is 2.18. The average Bonchev–Trinajstić information content (AvgIpc) is 3.03. The van der Waals surface area contributed by atoms with Crippen molar-refractivity contribution in [2.24, 2.45) is 0 Å². The Hall–Kier alpha value is -1.93.